The first-order valence-electron chi connectivity index (χ1n) is 11.3. The molecule has 180 valence electrons. The molecule has 4 rings (SSSR count). The van der Waals surface area contributed by atoms with Crippen molar-refractivity contribution < 1.29 is 14.3 Å². The topological polar surface area (TPSA) is 87.3 Å². The van der Waals surface area contributed by atoms with Crippen LogP contribution in [0.25, 0.3) is 22.4 Å². The van der Waals surface area contributed by atoms with E-state index >= 15 is 0 Å². The number of carbonyl (C=O) groups excluding carboxylic acids is 2. The van der Waals surface area contributed by atoms with E-state index in [1.807, 2.05) is 62.4 Å². The number of carbonyl (C=O) groups is 2. The van der Waals surface area contributed by atoms with Gasteiger partial charge < -0.3 is 19.9 Å². The Morgan fingerprint density at radius 3 is 2.54 bits per heavy atom. The summed E-state index contributed by atoms with van der Waals surface area (Å²) in [5, 5.41) is 2.97. The Hall–Kier alpha value is -3.84. The highest BCUT2D eigenvalue weighted by Crippen LogP contribution is 2.27. The molecule has 8 heteroatoms. The maximum Gasteiger partial charge on any atom is 0.317 e. The van der Waals surface area contributed by atoms with Crippen molar-refractivity contribution in [2.24, 2.45) is 0 Å². The van der Waals surface area contributed by atoms with E-state index in [2.05, 4.69) is 15.3 Å². The zero-order valence-electron chi connectivity index (χ0n) is 19.8. The van der Waals surface area contributed by atoms with Crippen LogP contribution in [0.3, 0.4) is 0 Å². The minimum absolute atomic E-state index is 0.0335. The smallest absolute Gasteiger partial charge is 0.317 e. The molecule has 0 unspecified atom stereocenters. The Labute approximate surface area is 209 Å². The number of benzene rings is 3. The molecule has 0 saturated carbocycles. The molecule has 0 atom stereocenters. The summed E-state index contributed by atoms with van der Waals surface area (Å²) in [5.41, 5.74) is 3.96. The van der Waals surface area contributed by atoms with Gasteiger partial charge in [0.1, 0.15) is 11.6 Å². The van der Waals surface area contributed by atoms with Crippen LogP contribution in [0.2, 0.25) is 5.02 Å². The molecule has 0 aliphatic carbocycles. The molecule has 2 N–H and O–H groups in total. The van der Waals surface area contributed by atoms with Crippen LogP contribution in [-0.2, 0) is 6.54 Å². The lowest BCUT2D eigenvalue weighted by molar-refractivity contribution is 0.0940. The largest absolute Gasteiger partial charge is 0.489 e. The summed E-state index contributed by atoms with van der Waals surface area (Å²) in [6.45, 7) is 3.96. The van der Waals surface area contributed by atoms with Crippen molar-refractivity contribution in [2.45, 2.75) is 26.5 Å². The minimum atomic E-state index is -0.348. The van der Waals surface area contributed by atoms with E-state index in [9.17, 15) is 9.59 Å². The van der Waals surface area contributed by atoms with Gasteiger partial charge in [0.05, 0.1) is 28.7 Å². The monoisotopic (exact) mass is 490 g/mol. The van der Waals surface area contributed by atoms with Crippen LogP contribution in [0.4, 0.5) is 4.79 Å². The second-order valence-corrected chi connectivity index (χ2v) is 8.86. The molecule has 0 aliphatic rings. The summed E-state index contributed by atoms with van der Waals surface area (Å²) in [6, 6.07) is 20.2. The molecule has 35 heavy (non-hydrogen) atoms. The number of nitrogens with one attached hydrogen (secondary N) is 2. The number of nitrogens with zero attached hydrogens (tertiary/aromatic N) is 2. The molecule has 4 aromatic rings. The fraction of sp³-hybridized carbons (Fsp3) is 0.222. The molecule has 0 aliphatic heterocycles. The Bertz CT molecular complexity index is 1350. The molecule has 0 bridgehead atoms. The van der Waals surface area contributed by atoms with Crippen molar-refractivity contribution in [3.05, 3.63) is 82.9 Å². The lowest BCUT2D eigenvalue weighted by Gasteiger charge is -2.22. The average Bonchev–Trinajstić information content (AvgIpc) is 3.28. The van der Waals surface area contributed by atoms with Crippen molar-refractivity contribution in [2.75, 3.05) is 13.6 Å². The first-order valence-corrected chi connectivity index (χ1v) is 11.7. The Morgan fingerprint density at radius 2 is 1.86 bits per heavy atom. The fourth-order valence-corrected chi connectivity index (χ4v) is 3.98. The highest BCUT2D eigenvalue weighted by molar-refractivity contribution is 6.32. The normalized spacial score (nSPS) is 11.0. The molecular weight excluding hydrogens is 464 g/mol. The van der Waals surface area contributed by atoms with E-state index in [4.69, 9.17) is 16.3 Å². The number of hydrogen-bond donors (Lipinski definition) is 2. The van der Waals surface area contributed by atoms with Crippen molar-refractivity contribution in [1.82, 2.24) is 20.2 Å². The quantitative estimate of drug-likeness (QED) is 0.310. The molecule has 0 radical (unpaired) electrons. The van der Waals surface area contributed by atoms with Crippen LogP contribution >= 0.6 is 11.6 Å². The van der Waals surface area contributed by atoms with Crippen LogP contribution in [0.1, 0.15) is 29.8 Å². The number of amides is 2. The average molecular weight is 491 g/mol. The number of halogens is 1. The Balaban J connectivity index is 1.52. The summed E-state index contributed by atoms with van der Waals surface area (Å²) in [6.07, 6.45) is -0.0335. The molecule has 7 nitrogen and oxygen atoms in total. The van der Waals surface area contributed by atoms with Crippen LogP contribution in [0.5, 0.6) is 5.75 Å². The van der Waals surface area contributed by atoms with E-state index in [1.165, 1.54) is 4.90 Å². The highest BCUT2D eigenvalue weighted by atomic mass is 35.5. The van der Waals surface area contributed by atoms with E-state index in [0.717, 1.165) is 28.0 Å². The summed E-state index contributed by atoms with van der Waals surface area (Å²) in [7, 11) is 1.54. The van der Waals surface area contributed by atoms with Gasteiger partial charge in [0, 0.05) is 24.7 Å². The summed E-state index contributed by atoms with van der Waals surface area (Å²) < 4.78 is 5.63. The van der Waals surface area contributed by atoms with E-state index in [1.54, 1.807) is 25.2 Å². The number of H-pyrrole nitrogens is 1. The van der Waals surface area contributed by atoms with Gasteiger partial charge in [0.2, 0.25) is 0 Å². The predicted octanol–water partition coefficient (Wildman–Crippen LogP) is 5.69. The number of Topliss-reactive ketones (excluding diaryl/α,β-unsaturated/α-hetero) is 1. The van der Waals surface area contributed by atoms with E-state index < -0.39 is 0 Å². The molecule has 3 aromatic carbocycles. The van der Waals surface area contributed by atoms with Gasteiger partial charge >= 0.3 is 6.03 Å². The maximum absolute atomic E-state index is 13.0. The molecule has 1 aromatic heterocycles. The zero-order valence-corrected chi connectivity index (χ0v) is 20.6. The lowest BCUT2D eigenvalue weighted by atomic mass is 10.1. The highest BCUT2D eigenvalue weighted by Gasteiger charge is 2.19. The summed E-state index contributed by atoms with van der Waals surface area (Å²) in [5.74, 6) is 1.07. The lowest BCUT2D eigenvalue weighted by Crippen LogP contribution is -2.40. The van der Waals surface area contributed by atoms with E-state index in [-0.39, 0.29) is 31.0 Å². The zero-order chi connectivity index (χ0) is 24.9. The predicted molar refractivity (Wildman–Crippen MR) is 138 cm³/mol. The second-order valence-electron chi connectivity index (χ2n) is 8.45. The number of ketones is 1. The Morgan fingerprint density at radius 1 is 1.09 bits per heavy atom. The minimum Gasteiger partial charge on any atom is -0.489 e. The SMILES string of the molecule is CNC(=O)N(CC(=O)c1ccc(OC(C)C)c(Cl)c1)Cc1ccc2nc(-c3ccccc3)[nH]c2c1. The first-order chi connectivity index (χ1) is 16.8. The van der Waals surface area contributed by atoms with Crippen LogP contribution in [-0.4, -0.2) is 46.4 Å². The third kappa shape index (κ3) is 5.81. The van der Waals surface area contributed by atoms with E-state index in [0.29, 0.717) is 16.3 Å². The number of hydrogen-bond acceptors (Lipinski definition) is 4. The number of ether oxygens (including phenoxy) is 1. The molecular formula is C27H27ClN4O3. The van der Waals surface area contributed by atoms with Crippen molar-refractivity contribution >= 4 is 34.4 Å². The van der Waals surface area contributed by atoms with Gasteiger partial charge in [-0.25, -0.2) is 9.78 Å². The Kier molecular flexibility index (Phi) is 7.36. The number of rotatable bonds is 8. The van der Waals surface area contributed by atoms with Crippen LogP contribution < -0.4 is 10.1 Å². The van der Waals surface area contributed by atoms with Crippen LogP contribution in [0.15, 0.2) is 66.7 Å². The molecule has 0 fully saturated rings. The van der Waals surface area contributed by atoms with Crippen molar-refractivity contribution in [3.63, 3.8) is 0 Å². The summed E-state index contributed by atoms with van der Waals surface area (Å²) >= 11 is 6.30. The van der Waals surface area contributed by atoms with Crippen molar-refractivity contribution in [1.29, 1.82) is 0 Å². The summed E-state index contributed by atoms with van der Waals surface area (Å²) in [4.78, 5) is 35.0. The molecule has 1 heterocycles. The maximum atomic E-state index is 13.0. The molecule has 0 saturated heterocycles. The van der Waals surface area contributed by atoms with Crippen LogP contribution in [0, 0.1) is 0 Å². The molecule has 2 amide bonds. The van der Waals surface area contributed by atoms with Gasteiger partial charge in [-0.2, -0.15) is 0 Å². The molecule has 0 spiro atoms. The second kappa shape index (κ2) is 10.6. The number of aromatic amines is 1. The van der Waals surface area contributed by atoms with Gasteiger partial charge in [0.15, 0.2) is 5.78 Å². The van der Waals surface area contributed by atoms with Gasteiger partial charge in [-0.1, -0.05) is 48.0 Å². The first kappa shape index (κ1) is 24.3. The third-order valence-electron chi connectivity index (χ3n) is 5.42. The number of imidazole rings is 1. The number of urea groups is 1. The number of aromatic nitrogens is 2. The van der Waals surface area contributed by atoms with Gasteiger partial charge in [-0.15, -0.1) is 0 Å². The fourth-order valence-electron chi connectivity index (χ4n) is 3.75. The standard InChI is InChI=1S/C27H27ClN4O3/c1-17(2)35-25-12-10-20(14-21(25)28)24(33)16-32(27(34)29-3)15-18-9-11-22-23(13-18)31-26(30-22)19-7-5-4-6-8-19/h4-14,17H,15-16H2,1-3H3,(H,29,34)(H,30,31). The van der Waals surface area contributed by atoms with Gasteiger partial charge in [-0.3, -0.25) is 4.79 Å². The van der Waals surface area contributed by atoms with Gasteiger partial charge in [0.25, 0.3) is 0 Å². The van der Waals surface area contributed by atoms with Crippen molar-refractivity contribution in [3.8, 4) is 17.1 Å². The third-order valence-corrected chi connectivity index (χ3v) is 5.71. The van der Waals surface area contributed by atoms with Gasteiger partial charge in [-0.05, 0) is 49.7 Å². The number of fused-ring (bicyclic) bond motifs is 1.